The van der Waals surface area contributed by atoms with Crippen LogP contribution in [0.5, 0.6) is 0 Å². The summed E-state index contributed by atoms with van der Waals surface area (Å²) in [5.74, 6) is 0. The number of thiophene rings is 1. The number of H-pyrrole nitrogens is 1. The normalized spacial score (nSPS) is 21.8. The first-order valence-electron chi connectivity index (χ1n) is 5.75. The van der Waals surface area contributed by atoms with E-state index in [1.54, 1.807) is 17.5 Å². The van der Waals surface area contributed by atoms with E-state index in [9.17, 15) is 0 Å². The highest BCUT2D eigenvalue weighted by atomic mass is 32.1. The first kappa shape index (κ1) is 11.0. The molecule has 2 aromatic rings. The molecule has 1 N–H and O–H groups in total. The SMILES string of the molecule is c1cc([C@H]2COCCN2Cc2ccsc2)[nH]n1. The second-order valence-electron chi connectivity index (χ2n) is 4.20. The molecule has 4 nitrogen and oxygen atoms in total. The van der Waals surface area contributed by atoms with Crippen molar-refractivity contribution in [3.63, 3.8) is 0 Å². The van der Waals surface area contributed by atoms with Crippen molar-refractivity contribution in [1.82, 2.24) is 15.1 Å². The highest BCUT2D eigenvalue weighted by Gasteiger charge is 2.25. The van der Waals surface area contributed by atoms with E-state index in [1.807, 2.05) is 6.07 Å². The van der Waals surface area contributed by atoms with E-state index in [1.165, 1.54) is 5.56 Å². The van der Waals surface area contributed by atoms with Gasteiger partial charge < -0.3 is 4.74 Å². The Labute approximate surface area is 104 Å². The maximum atomic E-state index is 5.57. The van der Waals surface area contributed by atoms with E-state index in [4.69, 9.17) is 4.74 Å². The molecular weight excluding hydrogens is 234 g/mol. The molecule has 0 bridgehead atoms. The molecule has 1 saturated heterocycles. The van der Waals surface area contributed by atoms with Gasteiger partial charge in [0.25, 0.3) is 0 Å². The van der Waals surface area contributed by atoms with Crippen molar-refractivity contribution in [2.75, 3.05) is 19.8 Å². The number of nitrogens with zero attached hydrogens (tertiary/aromatic N) is 2. The summed E-state index contributed by atoms with van der Waals surface area (Å²) in [6, 6.07) is 4.51. The summed E-state index contributed by atoms with van der Waals surface area (Å²) < 4.78 is 5.57. The molecule has 3 heterocycles. The largest absolute Gasteiger partial charge is 0.378 e. The number of aromatic amines is 1. The summed E-state index contributed by atoms with van der Waals surface area (Å²) in [6.07, 6.45) is 1.80. The van der Waals surface area contributed by atoms with E-state index in [-0.39, 0.29) is 0 Å². The van der Waals surface area contributed by atoms with Gasteiger partial charge in [-0.25, -0.2) is 0 Å². The molecule has 1 aliphatic heterocycles. The Morgan fingerprint density at radius 3 is 3.29 bits per heavy atom. The standard InChI is InChI=1S/C12H15N3OS/c1-3-13-14-11(1)12-8-16-5-4-15(12)7-10-2-6-17-9-10/h1-3,6,9,12H,4-5,7-8H2,(H,13,14)/t12-/m1/s1. The van der Waals surface area contributed by atoms with E-state index in [0.717, 1.165) is 32.0 Å². The first-order chi connectivity index (χ1) is 8.43. The Morgan fingerprint density at radius 2 is 2.53 bits per heavy atom. The molecule has 0 spiro atoms. The Balaban J connectivity index is 1.76. The summed E-state index contributed by atoms with van der Waals surface area (Å²) in [7, 11) is 0. The van der Waals surface area contributed by atoms with Crippen molar-refractivity contribution in [1.29, 1.82) is 0 Å². The van der Waals surface area contributed by atoms with Gasteiger partial charge in [0, 0.05) is 19.3 Å². The molecule has 17 heavy (non-hydrogen) atoms. The summed E-state index contributed by atoms with van der Waals surface area (Å²) in [5, 5.41) is 11.4. The summed E-state index contributed by atoms with van der Waals surface area (Å²) in [4.78, 5) is 2.44. The Morgan fingerprint density at radius 1 is 1.53 bits per heavy atom. The van der Waals surface area contributed by atoms with Gasteiger partial charge in [-0.1, -0.05) is 0 Å². The number of hydrogen-bond donors (Lipinski definition) is 1. The third kappa shape index (κ3) is 2.41. The minimum atomic E-state index is 0.297. The number of ether oxygens (including phenoxy) is 1. The van der Waals surface area contributed by atoms with E-state index in [2.05, 4.69) is 31.9 Å². The van der Waals surface area contributed by atoms with Crippen LogP contribution in [0.3, 0.4) is 0 Å². The molecule has 0 radical (unpaired) electrons. The molecule has 2 aromatic heterocycles. The minimum Gasteiger partial charge on any atom is -0.378 e. The summed E-state index contributed by atoms with van der Waals surface area (Å²) in [6.45, 7) is 3.51. The van der Waals surface area contributed by atoms with Gasteiger partial charge in [-0.15, -0.1) is 0 Å². The predicted octanol–water partition coefficient (Wildman–Crippen LogP) is 2.04. The zero-order chi connectivity index (χ0) is 11.5. The van der Waals surface area contributed by atoms with Crippen molar-refractivity contribution in [2.45, 2.75) is 12.6 Å². The van der Waals surface area contributed by atoms with Crippen LogP contribution in [0.2, 0.25) is 0 Å². The van der Waals surface area contributed by atoms with Gasteiger partial charge in [0.2, 0.25) is 0 Å². The lowest BCUT2D eigenvalue weighted by Gasteiger charge is -2.34. The lowest BCUT2D eigenvalue weighted by atomic mass is 10.1. The fourth-order valence-electron chi connectivity index (χ4n) is 2.18. The second kappa shape index (κ2) is 5.00. The molecule has 0 amide bonds. The predicted molar refractivity (Wildman–Crippen MR) is 66.9 cm³/mol. The molecule has 0 aromatic carbocycles. The molecule has 0 aliphatic carbocycles. The van der Waals surface area contributed by atoms with Crippen LogP contribution in [0.4, 0.5) is 0 Å². The molecular formula is C12H15N3OS. The maximum Gasteiger partial charge on any atom is 0.0755 e. The monoisotopic (exact) mass is 249 g/mol. The van der Waals surface area contributed by atoms with Crippen molar-refractivity contribution < 1.29 is 4.74 Å². The van der Waals surface area contributed by atoms with Crippen molar-refractivity contribution in [3.8, 4) is 0 Å². The van der Waals surface area contributed by atoms with E-state index in [0.29, 0.717) is 6.04 Å². The first-order valence-corrected chi connectivity index (χ1v) is 6.70. The smallest absolute Gasteiger partial charge is 0.0755 e. The van der Waals surface area contributed by atoms with Crippen molar-refractivity contribution in [2.24, 2.45) is 0 Å². The van der Waals surface area contributed by atoms with E-state index < -0.39 is 0 Å². The zero-order valence-corrected chi connectivity index (χ0v) is 10.3. The molecule has 90 valence electrons. The van der Waals surface area contributed by atoms with E-state index >= 15 is 0 Å². The number of nitrogens with one attached hydrogen (secondary N) is 1. The minimum absolute atomic E-state index is 0.297. The lowest BCUT2D eigenvalue weighted by Crippen LogP contribution is -2.39. The lowest BCUT2D eigenvalue weighted by molar-refractivity contribution is -0.0142. The maximum absolute atomic E-state index is 5.57. The number of hydrogen-bond acceptors (Lipinski definition) is 4. The van der Waals surface area contributed by atoms with Gasteiger partial charge in [0.05, 0.1) is 24.9 Å². The highest BCUT2D eigenvalue weighted by Crippen LogP contribution is 2.24. The summed E-state index contributed by atoms with van der Waals surface area (Å²) in [5.41, 5.74) is 2.52. The molecule has 1 fully saturated rings. The molecule has 1 aliphatic rings. The zero-order valence-electron chi connectivity index (χ0n) is 9.50. The number of rotatable bonds is 3. The van der Waals surface area contributed by atoms with Crippen LogP contribution in [-0.4, -0.2) is 34.9 Å². The van der Waals surface area contributed by atoms with Crippen molar-refractivity contribution >= 4 is 11.3 Å². The van der Waals surface area contributed by atoms with Gasteiger partial charge in [-0.05, 0) is 28.5 Å². The van der Waals surface area contributed by atoms with Crippen LogP contribution in [0, 0.1) is 0 Å². The van der Waals surface area contributed by atoms with Crippen LogP contribution in [0.25, 0.3) is 0 Å². The Bertz CT molecular complexity index is 440. The van der Waals surface area contributed by atoms with Crippen LogP contribution in [0.1, 0.15) is 17.3 Å². The number of morpholine rings is 1. The van der Waals surface area contributed by atoms with Crippen LogP contribution >= 0.6 is 11.3 Å². The third-order valence-corrected chi connectivity index (χ3v) is 3.82. The topological polar surface area (TPSA) is 41.1 Å². The fraction of sp³-hybridized carbons (Fsp3) is 0.417. The third-order valence-electron chi connectivity index (χ3n) is 3.09. The molecule has 0 saturated carbocycles. The van der Waals surface area contributed by atoms with Crippen LogP contribution in [0.15, 0.2) is 29.1 Å². The molecule has 5 heteroatoms. The molecule has 1 atom stereocenters. The number of aromatic nitrogens is 2. The molecule has 0 unspecified atom stereocenters. The second-order valence-corrected chi connectivity index (χ2v) is 4.98. The quantitative estimate of drug-likeness (QED) is 0.905. The van der Waals surface area contributed by atoms with Gasteiger partial charge in [-0.2, -0.15) is 16.4 Å². The summed E-state index contributed by atoms with van der Waals surface area (Å²) >= 11 is 1.75. The Hall–Kier alpha value is -1.17. The van der Waals surface area contributed by atoms with Gasteiger partial charge in [0.1, 0.15) is 0 Å². The fourth-order valence-corrected chi connectivity index (χ4v) is 2.84. The molecule has 3 rings (SSSR count). The average Bonchev–Trinajstić information content (AvgIpc) is 3.01. The van der Waals surface area contributed by atoms with Crippen molar-refractivity contribution in [3.05, 3.63) is 40.3 Å². The highest BCUT2D eigenvalue weighted by molar-refractivity contribution is 7.07. The van der Waals surface area contributed by atoms with Gasteiger partial charge in [0.15, 0.2) is 0 Å². The van der Waals surface area contributed by atoms with Crippen LogP contribution < -0.4 is 0 Å². The van der Waals surface area contributed by atoms with Crippen LogP contribution in [-0.2, 0) is 11.3 Å². The van der Waals surface area contributed by atoms with Gasteiger partial charge >= 0.3 is 0 Å². The average molecular weight is 249 g/mol. The Kier molecular flexibility index (Phi) is 3.22. The van der Waals surface area contributed by atoms with Gasteiger partial charge in [-0.3, -0.25) is 10.00 Å².